The van der Waals surface area contributed by atoms with Crippen LogP contribution >= 0.6 is 0 Å². The van der Waals surface area contributed by atoms with E-state index in [1.54, 1.807) is 6.07 Å². The number of benzene rings is 9. The fraction of sp³-hybridized carbons (Fsp3) is 0.239. The fourth-order valence-corrected chi connectivity index (χ4v) is 12.6. The minimum atomic E-state index is -4.82. The van der Waals surface area contributed by atoms with Crippen molar-refractivity contribution in [3.8, 4) is 44.5 Å². The van der Waals surface area contributed by atoms with Gasteiger partial charge in [0, 0.05) is 65.8 Å². The third-order valence-corrected chi connectivity index (χ3v) is 16.8. The Balaban J connectivity index is 1.28. The standard InChI is InChI=1S/C71H60F6N2/c1-67(2,3)41-27-39(28-42(33-41)68(4,5)6)49-15-13-17-53-62-60-52-24-20-38(48-26-22-46(73)36-56(48)74)32-58(52)79-64-50(40-29-43(69(7,8)9)34-44(30-40)70(10,11)12)16-14-18-54(64)61(66(60)79)59-51-23-19-37(31-57(51)78(63(49)53)65(59)62)47-25-21-45(72)35-55(47)71(75,76)77/h13-36H,1-12H3. The van der Waals surface area contributed by atoms with Gasteiger partial charge in [-0.3, -0.25) is 0 Å². The summed E-state index contributed by atoms with van der Waals surface area (Å²) in [5, 5.41) is 7.61. The van der Waals surface area contributed by atoms with Gasteiger partial charge in [-0.1, -0.05) is 186 Å². The maximum atomic E-state index is 16.0. The quantitative estimate of drug-likeness (QED) is 0.155. The topological polar surface area (TPSA) is 8.82 Å². The van der Waals surface area contributed by atoms with Crippen LogP contribution in [0.1, 0.15) is 111 Å². The van der Waals surface area contributed by atoms with Gasteiger partial charge in [0.2, 0.25) is 0 Å². The van der Waals surface area contributed by atoms with Crippen LogP contribution in [0, 0.1) is 17.5 Å². The first-order valence-electron chi connectivity index (χ1n) is 27.1. The van der Waals surface area contributed by atoms with E-state index in [9.17, 15) is 22.0 Å². The van der Waals surface area contributed by atoms with Crippen molar-refractivity contribution in [1.82, 2.24) is 8.80 Å². The molecular formula is C71H60F6N2. The number of hydrogen-bond donors (Lipinski definition) is 0. The van der Waals surface area contributed by atoms with E-state index in [4.69, 9.17) is 0 Å². The molecule has 4 aromatic heterocycles. The summed E-state index contributed by atoms with van der Waals surface area (Å²) in [4.78, 5) is 0. The summed E-state index contributed by atoms with van der Waals surface area (Å²) >= 11 is 0. The van der Waals surface area contributed by atoms with Crippen LogP contribution in [0.15, 0.2) is 146 Å². The Bertz CT molecular complexity index is 4640. The molecule has 8 heteroatoms. The van der Waals surface area contributed by atoms with Gasteiger partial charge in [-0.2, -0.15) is 13.2 Å². The highest BCUT2D eigenvalue weighted by atomic mass is 19.4. The van der Waals surface area contributed by atoms with E-state index in [-0.39, 0.29) is 32.8 Å². The number of alkyl halides is 3. The molecule has 0 fully saturated rings. The molecule has 4 heterocycles. The summed E-state index contributed by atoms with van der Waals surface area (Å²) < 4.78 is 94.9. The van der Waals surface area contributed by atoms with E-state index in [0.29, 0.717) is 22.7 Å². The summed E-state index contributed by atoms with van der Waals surface area (Å²) in [5.74, 6) is -2.28. The normalized spacial score (nSPS) is 13.4. The zero-order chi connectivity index (χ0) is 55.9. The first kappa shape index (κ1) is 50.7. The summed E-state index contributed by atoms with van der Waals surface area (Å²) in [6.45, 7) is 26.7. The Kier molecular flexibility index (Phi) is 10.6. The van der Waals surface area contributed by atoms with Crippen molar-refractivity contribution in [2.45, 2.75) is 111 Å². The maximum absolute atomic E-state index is 16.0. The van der Waals surface area contributed by atoms with Crippen molar-refractivity contribution in [3.63, 3.8) is 0 Å². The number of halogens is 6. The largest absolute Gasteiger partial charge is 0.417 e. The van der Waals surface area contributed by atoms with Crippen LogP contribution in [-0.2, 0) is 27.8 Å². The molecule has 0 saturated heterocycles. The van der Waals surface area contributed by atoms with Crippen LogP contribution in [-0.4, -0.2) is 8.80 Å². The predicted molar refractivity (Wildman–Crippen MR) is 317 cm³/mol. The molecule has 0 amide bonds. The highest BCUT2D eigenvalue weighted by Gasteiger charge is 2.36. The van der Waals surface area contributed by atoms with Crippen molar-refractivity contribution in [2.75, 3.05) is 0 Å². The van der Waals surface area contributed by atoms with Crippen LogP contribution in [0.2, 0.25) is 0 Å². The van der Waals surface area contributed by atoms with Gasteiger partial charge >= 0.3 is 6.18 Å². The molecule has 396 valence electrons. The lowest BCUT2D eigenvalue weighted by atomic mass is 9.78. The van der Waals surface area contributed by atoms with E-state index in [1.807, 2.05) is 24.3 Å². The molecule has 0 radical (unpaired) electrons. The Morgan fingerprint density at radius 2 is 0.696 bits per heavy atom. The number of fused-ring (bicyclic) bond motifs is 14. The lowest BCUT2D eigenvalue weighted by Crippen LogP contribution is -2.16. The lowest BCUT2D eigenvalue weighted by molar-refractivity contribution is -0.137. The summed E-state index contributed by atoms with van der Waals surface area (Å²) in [6, 6.07) is 44.8. The second kappa shape index (κ2) is 16.6. The van der Waals surface area contributed by atoms with Crippen LogP contribution in [0.5, 0.6) is 0 Å². The van der Waals surface area contributed by atoms with Crippen molar-refractivity contribution in [1.29, 1.82) is 0 Å². The molecule has 0 spiro atoms. The molecule has 0 atom stereocenters. The van der Waals surface area contributed by atoms with Gasteiger partial charge in [-0.05, 0) is 108 Å². The van der Waals surface area contributed by atoms with Crippen molar-refractivity contribution >= 4 is 76.2 Å². The minimum Gasteiger partial charge on any atom is -0.307 e. The molecule has 0 saturated carbocycles. The van der Waals surface area contributed by atoms with Crippen LogP contribution < -0.4 is 0 Å². The SMILES string of the molecule is CC(C)(C)c1cc(-c2cccc3c4c5c6ccc(-c7ccc(F)cc7C(F)(F)F)cc6n6c7c(-c8cc(C(C)(C)C)cc(C(C)(C)C)c8)cccc7c(c7c8ccc(-c9ccc(F)cc9F)cc8n(c23)c74)c56)cc(C(C)(C)C)c1. The molecule has 0 aliphatic carbocycles. The van der Waals surface area contributed by atoms with Crippen LogP contribution in [0.3, 0.4) is 0 Å². The van der Waals surface area contributed by atoms with Crippen molar-refractivity contribution < 1.29 is 26.3 Å². The van der Waals surface area contributed by atoms with E-state index in [2.05, 4.69) is 171 Å². The molecule has 2 nitrogen and oxygen atoms in total. The van der Waals surface area contributed by atoms with E-state index >= 15 is 4.39 Å². The molecule has 9 aromatic carbocycles. The van der Waals surface area contributed by atoms with E-state index in [1.165, 1.54) is 40.5 Å². The van der Waals surface area contributed by atoms with Crippen LogP contribution in [0.25, 0.3) is 121 Å². The number of para-hydroxylation sites is 2. The van der Waals surface area contributed by atoms with Gasteiger partial charge < -0.3 is 8.80 Å². The highest BCUT2D eigenvalue weighted by Crippen LogP contribution is 2.55. The fourth-order valence-electron chi connectivity index (χ4n) is 12.6. The number of rotatable bonds is 4. The molecule has 13 rings (SSSR count). The minimum absolute atomic E-state index is 0.115. The monoisotopic (exact) mass is 1050 g/mol. The zero-order valence-electron chi connectivity index (χ0n) is 46.5. The molecule has 13 aromatic rings. The number of nitrogens with zero attached hydrogens (tertiary/aromatic N) is 2. The summed E-state index contributed by atoms with van der Waals surface area (Å²) in [6.07, 6.45) is -4.82. The van der Waals surface area contributed by atoms with Gasteiger partial charge in [-0.25, -0.2) is 13.2 Å². The predicted octanol–water partition coefficient (Wildman–Crippen LogP) is 21.3. The van der Waals surface area contributed by atoms with Crippen molar-refractivity contribution in [3.05, 3.63) is 191 Å². The zero-order valence-corrected chi connectivity index (χ0v) is 46.5. The second-order valence-electron chi connectivity index (χ2n) is 26.1. The average Bonchev–Trinajstić information content (AvgIpc) is 1.82. The summed E-state index contributed by atoms with van der Waals surface area (Å²) in [7, 11) is 0. The van der Waals surface area contributed by atoms with Crippen molar-refractivity contribution in [2.24, 2.45) is 0 Å². The summed E-state index contributed by atoms with van der Waals surface area (Å²) in [5.41, 5.74) is 13.4. The molecular weight excluding hydrogens is 995 g/mol. The van der Waals surface area contributed by atoms with Gasteiger partial charge in [0.15, 0.2) is 0 Å². The third-order valence-electron chi connectivity index (χ3n) is 16.8. The molecule has 0 bridgehead atoms. The van der Waals surface area contributed by atoms with Gasteiger partial charge in [0.25, 0.3) is 0 Å². The number of hydrogen-bond acceptors (Lipinski definition) is 0. The first-order valence-corrected chi connectivity index (χ1v) is 27.1. The lowest BCUT2D eigenvalue weighted by Gasteiger charge is -2.26. The van der Waals surface area contributed by atoms with E-state index in [0.717, 1.165) is 105 Å². The van der Waals surface area contributed by atoms with E-state index < -0.39 is 29.2 Å². The molecule has 0 aliphatic heterocycles. The third kappa shape index (κ3) is 7.67. The molecule has 0 N–H and O–H groups in total. The first-order chi connectivity index (χ1) is 37.1. The number of aromatic nitrogens is 2. The smallest absolute Gasteiger partial charge is 0.307 e. The van der Waals surface area contributed by atoms with Gasteiger partial charge in [-0.15, -0.1) is 0 Å². The van der Waals surface area contributed by atoms with Gasteiger partial charge in [0.1, 0.15) is 17.5 Å². The maximum Gasteiger partial charge on any atom is 0.417 e. The molecule has 79 heavy (non-hydrogen) atoms. The Hall–Kier alpha value is -7.84. The molecule has 0 unspecified atom stereocenters. The Morgan fingerprint density at radius 1 is 0.316 bits per heavy atom. The Morgan fingerprint density at radius 3 is 1.09 bits per heavy atom. The highest BCUT2D eigenvalue weighted by molar-refractivity contribution is 6.46. The van der Waals surface area contributed by atoms with Crippen LogP contribution in [0.4, 0.5) is 26.3 Å². The molecule has 0 aliphatic rings. The second-order valence-corrected chi connectivity index (χ2v) is 26.1. The Labute approximate surface area is 455 Å². The van der Waals surface area contributed by atoms with Gasteiger partial charge in [0.05, 0.1) is 38.7 Å². The average molecular weight is 1060 g/mol.